The molecule has 2 aromatic rings. The largest absolute Gasteiger partial charge is 0.341 e. The van der Waals surface area contributed by atoms with Gasteiger partial charge in [0, 0.05) is 13.1 Å². The minimum absolute atomic E-state index is 0.0549. The number of fused-ring (bicyclic) bond motifs is 1. The molecule has 1 saturated carbocycles. The first-order chi connectivity index (χ1) is 10.2. The van der Waals surface area contributed by atoms with Crippen molar-refractivity contribution in [2.75, 3.05) is 6.54 Å². The van der Waals surface area contributed by atoms with E-state index in [1.807, 2.05) is 17.0 Å². The molecule has 1 aliphatic heterocycles. The summed E-state index contributed by atoms with van der Waals surface area (Å²) < 4.78 is 0. The van der Waals surface area contributed by atoms with E-state index in [9.17, 15) is 4.79 Å². The van der Waals surface area contributed by atoms with Crippen LogP contribution in [0.2, 0.25) is 0 Å². The Bertz CT molecular complexity index is 690. The summed E-state index contributed by atoms with van der Waals surface area (Å²) in [4.78, 5) is 21.5. The van der Waals surface area contributed by atoms with Crippen molar-refractivity contribution in [3.63, 3.8) is 0 Å². The fraction of sp³-hybridized carbons (Fsp3) is 0.467. The number of hydrogen-bond acceptors (Lipinski definition) is 3. The SMILES string of the molecule is NCc1nc2ccc(CN3CC(C4CC4)NC3=O)cc2[nH]1. The number of urea groups is 1. The van der Waals surface area contributed by atoms with Crippen molar-refractivity contribution in [1.82, 2.24) is 20.2 Å². The molecule has 1 aromatic carbocycles. The number of aromatic nitrogens is 2. The lowest BCUT2D eigenvalue weighted by Crippen LogP contribution is -2.29. The van der Waals surface area contributed by atoms with Gasteiger partial charge in [0.25, 0.3) is 0 Å². The van der Waals surface area contributed by atoms with Crippen molar-refractivity contribution in [1.29, 1.82) is 0 Å². The van der Waals surface area contributed by atoms with Crippen LogP contribution in [0, 0.1) is 5.92 Å². The lowest BCUT2D eigenvalue weighted by molar-refractivity contribution is 0.215. The Kier molecular flexibility index (Phi) is 2.85. The molecule has 6 nitrogen and oxygen atoms in total. The maximum absolute atomic E-state index is 12.0. The Morgan fingerprint density at radius 2 is 2.24 bits per heavy atom. The van der Waals surface area contributed by atoms with Gasteiger partial charge in [0.1, 0.15) is 5.82 Å². The van der Waals surface area contributed by atoms with E-state index in [0.29, 0.717) is 25.0 Å². The third-order valence-corrected chi connectivity index (χ3v) is 4.37. The normalized spacial score (nSPS) is 22.0. The highest BCUT2D eigenvalue weighted by Gasteiger charge is 2.39. The molecule has 4 rings (SSSR count). The monoisotopic (exact) mass is 285 g/mol. The van der Waals surface area contributed by atoms with Crippen LogP contribution in [0.1, 0.15) is 24.2 Å². The van der Waals surface area contributed by atoms with Crippen molar-refractivity contribution >= 4 is 17.1 Å². The van der Waals surface area contributed by atoms with Gasteiger partial charge in [-0.25, -0.2) is 9.78 Å². The van der Waals surface area contributed by atoms with Crippen LogP contribution >= 0.6 is 0 Å². The zero-order valence-corrected chi connectivity index (χ0v) is 11.8. The van der Waals surface area contributed by atoms with Crippen molar-refractivity contribution in [2.24, 2.45) is 11.7 Å². The first-order valence-corrected chi connectivity index (χ1v) is 7.46. The highest BCUT2D eigenvalue weighted by Crippen LogP contribution is 2.34. The zero-order valence-electron chi connectivity index (χ0n) is 11.8. The number of carbonyl (C=O) groups excluding carboxylic acids is 1. The number of H-pyrrole nitrogens is 1. The van der Waals surface area contributed by atoms with E-state index >= 15 is 0 Å². The second-order valence-corrected chi connectivity index (χ2v) is 6.01. The average Bonchev–Trinajstić information content (AvgIpc) is 3.15. The first kappa shape index (κ1) is 12.6. The molecule has 2 heterocycles. The molecule has 0 bridgehead atoms. The molecule has 21 heavy (non-hydrogen) atoms. The Morgan fingerprint density at radius 1 is 1.38 bits per heavy atom. The topological polar surface area (TPSA) is 87.0 Å². The molecule has 2 fully saturated rings. The maximum atomic E-state index is 12.0. The van der Waals surface area contributed by atoms with Gasteiger partial charge in [-0.1, -0.05) is 6.07 Å². The quantitative estimate of drug-likeness (QED) is 0.792. The van der Waals surface area contributed by atoms with E-state index in [0.717, 1.165) is 29.0 Å². The second-order valence-electron chi connectivity index (χ2n) is 6.01. The molecule has 4 N–H and O–H groups in total. The van der Waals surface area contributed by atoms with E-state index in [1.165, 1.54) is 12.8 Å². The van der Waals surface area contributed by atoms with Crippen molar-refractivity contribution in [3.8, 4) is 0 Å². The van der Waals surface area contributed by atoms with E-state index in [1.54, 1.807) is 0 Å². The Morgan fingerprint density at radius 3 is 3.00 bits per heavy atom. The van der Waals surface area contributed by atoms with Crippen LogP contribution in [-0.4, -0.2) is 33.5 Å². The number of carbonyl (C=O) groups is 1. The van der Waals surface area contributed by atoms with Gasteiger partial charge in [-0.05, 0) is 36.5 Å². The van der Waals surface area contributed by atoms with Gasteiger partial charge >= 0.3 is 6.03 Å². The number of hydrogen-bond donors (Lipinski definition) is 3. The Balaban J connectivity index is 1.52. The minimum atomic E-state index is 0.0549. The standard InChI is InChI=1S/C15H19N5O/c16-6-14-17-11-4-1-9(5-12(11)18-14)7-20-8-13(10-2-3-10)19-15(20)21/h1,4-5,10,13H,2-3,6-8,16H2,(H,17,18)(H,19,21). The summed E-state index contributed by atoms with van der Waals surface area (Å²) in [7, 11) is 0. The summed E-state index contributed by atoms with van der Waals surface area (Å²) in [6, 6.07) is 6.46. The summed E-state index contributed by atoms with van der Waals surface area (Å²) in [6.45, 7) is 1.86. The lowest BCUT2D eigenvalue weighted by Gasteiger charge is -2.14. The Hall–Kier alpha value is -2.08. The van der Waals surface area contributed by atoms with Gasteiger partial charge in [-0.2, -0.15) is 0 Å². The van der Waals surface area contributed by atoms with Gasteiger partial charge in [0.05, 0.1) is 23.6 Å². The molecule has 1 saturated heterocycles. The predicted octanol–water partition coefficient (Wildman–Crippen LogP) is 1.33. The number of aromatic amines is 1. The van der Waals surface area contributed by atoms with Gasteiger partial charge in [0.2, 0.25) is 0 Å². The first-order valence-electron chi connectivity index (χ1n) is 7.46. The van der Waals surface area contributed by atoms with Gasteiger partial charge < -0.3 is 20.9 Å². The van der Waals surface area contributed by atoms with E-state index < -0.39 is 0 Å². The van der Waals surface area contributed by atoms with Crippen LogP contribution in [0.15, 0.2) is 18.2 Å². The second kappa shape index (κ2) is 4.73. The number of imidazole rings is 1. The molecule has 110 valence electrons. The number of benzene rings is 1. The maximum Gasteiger partial charge on any atom is 0.318 e. The van der Waals surface area contributed by atoms with Crippen molar-refractivity contribution < 1.29 is 4.79 Å². The average molecular weight is 285 g/mol. The Labute approximate surface area is 122 Å². The summed E-state index contributed by atoms with van der Waals surface area (Å²) in [5.74, 6) is 1.48. The van der Waals surface area contributed by atoms with Crippen LogP contribution in [0.25, 0.3) is 11.0 Å². The number of nitrogens with zero attached hydrogens (tertiary/aromatic N) is 2. The molecule has 1 aliphatic carbocycles. The van der Waals surface area contributed by atoms with E-state index in [-0.39, 0.29) is 6.03 Å². The molecule has 6 heteroatoms. The number of amides is 2. The fourth-order valence-corrected chi connectivity index (χ4v) is 3.04. The summed E-state index contributed by atoms with van der Waals surface area (Å²) in [5.41, 5.74) is 8.60. The van der Waals surface area contributed by atoms with E-state index in [4.69, 9.17) is 5.73 Å². The molecule has 0 spiro atoms. The van der Waals surface area contributed by atoms with Gasteiger partial charge in [0.15, 0.2) is 0 Å². The molecule has 2 aliphatic rings. The molecular weight excluding hydrogens is 266 g/mol. The number of nitrogens with one attached hydrogen (secondary N) is 2. The van der Waals surface area contributed by atoms with Crippen LogP contribution in [0.5, 0.6) is 0 Å². The van der Waals surface area contributed by atoms with Crippen LogP contribution in [-0.2, 0) is 13.1 Å². The van der Waals surface area contributed by atoms with Crippen LogP contribution in [0.3, 0.4) is 0 Å². The van der Waals surface area contributed by atoms with Gasteiger partial charge in [-0.3, -0.25) is 0 Å². The molecule has 1 unspecified atom stereocenters. The third kappa shape index (κ3) is 2.35. The lowest BCUT2D eigenvalue weighted by atomic mass is 10.1. The number of nitrogens with two attached hydrogens (primary N) is 1. The summed E-state index contributed by atoms with van der Waals surface area (Å²) in [5, 5.41) is 3.09. The smallest absolute Gasteiger partial charge is 0.318 e. The van der Waals surface area contributed by atoms with Gasteiger partial charge in [-0.15, -0.1) is 0 Å². The number of rotatable bonds is 4. The fourth-order valence-electron chi connectivity index (χ4n) is 3.04. The molecule has 2 amide bonds. The van der Waals surface area contributed by atoms with Crippen molar-refractivity contribution in [3.05, 3.63) is 29.6 Å². The van der Waals surface area contributed by atoms with E-state index in [2.05, 4.69) is 21.4 Å². The minimum Gasteiger partial charge on any atom is -0.341 e. The van der Waals surface area contributed by atoms with Crippen LogP contribution in [0.4, 0.5) is 4.79 Å². The zero-order chi connectivity index (χ0) is 14.4. The molecule has 1 aromatic heterocycles. The summed E-state index contributed by atoms with van der Waals surface area (Å²) >= 11 is 0. The third-order valence-electron chi connectivity index (χ3n) is 4.37. The summed E-state index contributed by atoms with van der Waals surface area (Å²) in [6.07, 6.45) is 2.50. The molecule has 0 radical (unpaired) electrons. The molecule has 1 atom stereocenters. The predicted molar refractivity (Wildman–Crippen MR) is 79.4 cm³/mol. The molecular formula is C15H19N5O. The van der Waals surface area contributed by atoms with Crippen LogP contribution < -0.4 is 11.1 Å². The van der Waals surface area contributed by atoms with Crippen molar-refractivity contribution in [2.45, 2.75) is 32.0 Å². The highest BCUT2D eigenvalue weighted by molar-refractivity contribution is 5.78. The highest BCUT2D eigenvalue weighted by atomic mass is 16.2.